The molecule has 1 N–H and O–H groups in total. The van der Waals surface area contributed by atoms with E-state index in [-0.39, 0.29) is 35.1 Å². The maximum Gasteiger partial charge on any atom is 0.338 e. The van der Waals surface area contributed by atoms with Gasteiger partial charge >= 0.3 is 5.97 Å². The maximum atomic E-state index is 13.8. The van der Waals surface area contributed by atoms with Crippen molar-refractivity contribution in [1.82, 2.24) is 5.16 Å². The highest BCUT2D eigenvalue weighted by molar-refractivity contribution is 5.92. The minimum atomic E-state index is -0.783. The van der Waals surface area contributed by atoms with Gasteiger partial charge in [0.25, 0.3) is 0 Å². The van der Waals surface area contributed by atoms with E-state index in [0.717, 1.165) is 12.1 Å². The highest BCUT2D eigenvalue weighted by Gasteiger charge is 2.14. The molecule has 0 aliphatic carbocycles. The van der Waals surface area contributed by atoms with Crippen molar-refractivity contribution in [2.24, 2.45) is 0 Å². The van der Waals surface area contributed by atoms with Crippen LogP contribution in [0.4, 0.5) is 14.5 Å². The zero-order chi connectivity index (χ0) is 19.4. The molecule has 1 amide bonds. The first-order valence-corrected chi connectivity index (χ1v) is 7.88. The lowest BCUT2D eigenvalue weighted by Gasteiger charge is -2.04. The molecule has 0 aliphatic heterocycles. The SMILES string of the molecule is CC(=O)Nc1ccc(C(=O)OCc2cc(-c3ccc(F)cc3F)on2)cc1. The summed E-state index contributed by atoms with van der Waals surface area (Å²) in [5.74, 6) is -2.20. The Balaban J connectivity index is 1.62. The van der Waals surface area contributed by atoms with Crippen LogP contribution in [0.3, 0.4) is 0 Å². The van der Waals surface area contributed by atoms with Gasteiger partial charge in [0.2, 0.25) is 5.91 Å². The van der Waals surface area contributed by atoms with Gasteiger partial charge in [0.15, 0.2) is 5.76 Å². The van der Waals surface area contributed by atoms with E-state index in [1.54, 1.807) is 12.1 Å². The third-order valence-corrected chi connectivity index (χ3v) is 3.55. The fourth-order valence-corrected chi connectivity index (χ4v) is 2.31. The van der Waals surface area contributed by atoms with Crippen LogP contribution < -0.4 is 5.32 Å². The van der Waals surface area contributed by atoms with E-state index in [9.17, 15) is 18.4 Å². The van der Waals surface area contributed by atoms with E-state index in [0.29, 0.717) is 5.69 Å². The predicted molar refractivity (Wildman–Crippen MR) is 91.7 cm³/mol. The van der Waals surface area contributed by atoms with Crippen molar-refractivity contribution in [2.75, 3.05) is 5.32 Å². The van der Waals surface area contributed by atoms with Crippen LogP contribution >= 0.6 is 0 Å². The Morgan fingerprint density at radius 1 is 1.11 bits per heavy atom. The third-order valence-electron chi connectivity index (χ3n) is 3.55. The summed E-state index contributed by atoms with van der Waals surface area (Å²) in [5, 5.41) is 6.30. The summed E-state index contributed by atoms with van der Waals surface area (Å²) in [6.07, 6.45) is 0. The molecule has 1 heterocycles. The molecule has 3 aromatic rings. The molecule has 1 aromatic heterocycles. The van der Waals surface area contributed by atoms with E-state index in [1.165, 1.54) is 31.2 Å². The van der Waals surface area contributed by atoms with Crippen LogP contribution in [0.15, 0.2) is 53.1 Å². The number of benzene rings is 2. The smallest absolute Gasteiger partial charge is 0.338 e. The molecule has 138 valence electrons. The fraction of sp³-hybridized carbons (Fsp3) is 0.105. The molecule has 8 heteroatoms. The predicted octanol–water partition coefficient (Wildman–Crippen LogP) is 3.94. The van der Waals surface area contributed by atoms with Crippen molar-refractivity contribution in [3.63, 3.8) is 0 Å². The average Bonchev–Trinajstić information content (AvgIpc) is 3.08. The van der Waals surface area contributed by atoms with E-state index in [4.69, 9.17) is 9.26 Å². The number of esters is 1. The van der Waals surface area contributed by atoms with Gasteiger partial charge in [0.05, 0.1) is 11.1 Å². The number of nitrogens with one attached hydrogen (secondary N) is 1. The topological polar surface area (TPSA) is 81.4 Å². The molecule has 0 atom stereocenters. The quantitative estimate of drug-likeness (QED) is 0.686. The Labute approximate surface area is 152 Å². The summed E-state index contributed by atoms with van der Waals surface area (Å²) in [4.78, 5) is 23.0. The molecule has 0 bridgehead atoms. The molecule has 0 radical (unpaired) electrons. The number of rotatable bonds is 5. The van der Waals surface area contributed by atoms with Gasteiger partial charge < -0.3 is 14.6 Å². The lowest BCUT2D eigenvalue weighted by Crippen LogP contribution is -2.07. The van der Waals surface area contributed by atoms with Gasteiger partial charge in [-0.1, -0.05) is 5.16 Å². The molecule has 6 nitrogen and oxygen atoms in total. The molecule has 0 spiro atoms. The number of hydrogen-bond donors (Lipinski definition) is 1. The van der Waals surface area contributed by atoms with Crippen molar-refractivity contribution < 1.29 is 27.6 Å². The van der Waals surface area contributed by atoms with Crippen LogP contribution in [-0.4, -0.2) is 17.0 Å². The van der Waals surface area contributed by atoms with Crippen molar-refractivity contribution >= 4 is 17.6 Å². The molecule has 0 saturated carbocycles. The first kappa shape index (κ1) is 18.2. The third kappa shape index (κ3) is 4.55. The second kappa shape index (κ2) is 7.77. The van der Waals surface area contributed by atoms with E-state index >= 15 is 0 Å². The number of ether oxygens (including phenoxy) is 1. The molecular weight excluding hydrogens is 358 g/mol. The van der Waals surface area contributed by atoms with Crippen LogP contribution in [-0.2, 0) is 16.1 Å². The molecule has 0 unspecified atom stereocenters. The van der Waals surface area contributed by atoms with E-state index in [1.807, 2.05) is 0 Å². The molecule has 2 aromatic carbocycles. The second-order valence-electron chi connectivity index (χ2n) is 5.64. The summed E-state index contributed by atoms with van der Waals surface area (Å²) < 4.78 is 36.9. The molecule has 0 aliphatic rings. The van der Waals surface area contributed by atoms with Crippen molar-refractivity contribution in [2.45, 2.75) is 13.5 Å². The monoisotopic (exact) mass is 372 g/mol. The number of carbonyl (C=O) groups is 2. The number of aromatic nitrogens is 1. The van der Waals surface area contributed by atoms with Gasteiger partial charge in [-0.05, 0) is 36.4 Å². The van der Waals surface area contributed by atoms with Gasteiger partial charge in [0.1, 0.15) is 23.9 Å². The number of anilines is 1. The normalized spacial score (nSPS) is 10.5. The zero-order valence-corrected chi connectivity index (χ0v) is 14.2. The zero-order valence-electron chi connectivity index (χ0n) is 14.2. The summed E-state index contributed by atoms with van der Waals surface area (Å²) in [5.41, 5.74) is 1.17. The lowest BCUT2D eigenvalue weighted by atomic mass is 10.1. The highest BCUT2D eigenvalue weighted by Crippen LogP contribution is 2.24. The van der Waals surface area contributed by atoms with Crippen LogP contribution in [0.5, 0.6) is 0 Å². The summed E-state index contributed by atoms with van der Waals surface area (Å²) >= 11 is 0. The molecular formula is C19H14F2N2O4. The van der Waals surface area contributed by atoms with Crippen molar-refractivity contribution in [1.29, 1.82) is 0 Å². The molecule has 0 saturated heterocycles. The first-order valence-electron chi connectivity index (χ1n) is 7.88. The standard InChI is InChI=1S/C19H14F2N2O4/c1-11(24)22-14-5-2-12(3-6-14)19(25)26-10-15-9-18(27-23-15)16-7-4-13(20)8-17(16)21/h2-9H,10H2,1H3,(H,22,24). The van der Waals surface area contributed by atoms with Crippen LogP contribution in [0.1, 0.15) is 23.0 Å². The second-order valence-corrected chi connectivity index (χ2v) is 5.64. The van der Waals surface area contributed by atoms with Gasteiger partial charge in [-0.2, -0.15) is 0 Å². The highest BCUT2D eigenvalue weighted by atomic mass is 19.1. The minimum absolute atomic E-state index is 0.0510. The number of amides is 1. The van der Waals surface area contributed by atoms with Gasteiger partial charge in [-0.3, -0.25) is 4.79 Å². The Morgan fingerprint density at radius 2 is 1.85 bits per heavy atom. The van der Waals surface area contributed by atoms with Gasteiger partial charge in [-0.25, -0.2) is 13.6 Å². The molecule has 27 heavy (non-hydrogen) atoms. The summed E-state index contributed by atoms with van der Waals surface area (Å²) in [7, 11) is 0. The summed E-state index contributed by atoms with van der Waals surface area (Å²) in [6, 6.07) is 10.6. The van der Waals surface area contributed by atoms with E-state index < -0.39 is 17.6 Å². The van der Waals surface area contributed by atoms with Crippen LogP contribution in [0.2, 0.25) is 0 Å². The number of halogens is 2. The molecule has 0 fully saturated rings. The lowest BCUT2D eigenvalue weighted by molar-refractivity contribution is -0.114. The maximum absolute atomic E-state index is 13.8. The van der Waals surface area contributed by atoms with E-state index in [2.05, 4.69) is 10.5 Å². The molecule has 3 rings (SSSR count). The number of carbonyl (C=O) groups excluding carboxylic acids is 2. The Bertz CT molecular complexity index is 984. The fourth-order valence-electron chi connectivity index (χ4n) is 2.31. The minimum Gasteiger partial charge on any atom is -0.455 e. The van der Waals surface area contributed by atoms with Gasteiger partial charge in [0, 0.05) is 24.7 Å². The largest absolute Gasteiger partial charge is 0.455 e. The Kier molecular flexibility index (Phi) is 5.25. The Hall–Kier alpha value is -3.55. The van der Waals surface area contributed by atoms with Crippen LogP contribution in [0.25, 0.3) is 11.3 Å². The first-order chi connectivity index (χ1) is 12.9. The Morgan fingerprint density at radius 3 is 2.52 bits per heavy atom. The van der Waals surface area contributed by atoms with Crippen LogP contribution in [0, 0.1) is 11.6 Å². The average molecular weight is 372 g/mol. The summed E-state index contributed by atoms with van der Waals surface area (Å²) in [6.45, 7) is 1.20. The van der Waals surface area contributed by atoms with Gasteiger partial charge in [-0.15, -0.1) is 0 Å². The number of hydrogen-bond acceptors (Lipinski definition) is 5. The van der Waals surface area contributed by atoms with Crippen molar-refractivity contribution in [3.05, 3.63) is 71.4 Å². The van der Waals surface area contributed by atoms with Crippen molar-refractivity contribution in [3.8, 4) is 11.3 Å². The number of nitrogens with zero attached hydrogens (tertiary/aromatic N) is 1.